The van der Waals surface area contributed by atoms with Gasteiger partial charge in [0.2, 0.25) is 11.8 Å². The predicted octanol–water partition coefficient (Wildman–Crippen LogP) is 5.98. The third-order valence-corrected chi connectivity index (χ3v) is 10.7. The molecule has 1 saturated heterocycles. The fraction of sp³-hybridized carbons (Fsp3) is 0.655. The van der Waals surface area contributed by atoms with E-state index in [1.165, 1.54) is 12.1 Å². The zero-order valence-electron chi connectivity index (χ0n) is 21.6. The highest BCUT2D eigenvalue weighted by Gasteiger charge is 2.61. The van der Waals surface area contributed by atoms with E-state index in [-0.39, 0.29) is 28.8 Å². The SMILES string of the molecule is CN1C(=O)CC[C@@]2(C)C1CC[C@@H]1[C@H]2CC[C@]2(C)C(C(=O)NC(C)(c3ccccc3)C(F)(F)F)=CC[C@@H]12. The van der Waals surface area contributed by atoms with Crippen molar-refractivity contribution in [3.8, 4) is 0 Å². The van der Waals surface area contributed by atoms with Crippen LogP contribution in [0.2, 0.25) is 0 Å². The van der Waals surface area contributed by atoms with Crippen LogP contribution in [-0.2, 0) is 15.1 Å². The van der Waals surface area contributed by atoms with Gasteiger partial charge >= 0.3 is 6.18 Å². The lowest BCUT2D eigenvalue weighted by Gasteiger charge is -2.61. The predicted molar refractivity (Wildman–Crippen MR) is 132 cm³/mol. The van der Waals surface area contributed by atoms with Gasteiger partial charge in [0.25, 0.3) is 0 Å². The number of hydrogen-bond acceptors (Lipinski definition) is 2. The van der Waals surface area contributed by atoms with Crippen molar-refractivity contribution in [3.05, 3.63) is 47.5 Å². The molecule has 0 radical (unpaired) electrons. The van der Waals surface area contributed by atoms with Crippen LogP contribution >= 0.6 is 0 Å². The minimum atomic E-state index is -4.64. The van der Waals surface area contributed by atoms with Gasteiger partial charge in [-0.3, -0.25) is 9.59 Å². The number of amides is 2. The minimum absolute atomic E-state index is 0.0251. The van der Waals surface area contributed by atoms with Crippen LogP contribution in [0.1, 0.15) is 71.3 Å². The number of rotatable bonds is 3. The Morgan fingerprint density at radius 3 is 2.42 bits per heavy atom. The number of carbonyl (C=O) groups is 2. The maximum atomic E-state index is 14.3. The van der Waals surface area contributed by atoms with Crippen molar-refractivity contribution in [1.29, 1.82) is 0 Å². The van der Waals surface area contributed by atoms with Crippen LogP contribution in [0.5, 0.6) is 0 Å². The molecule has 4 nitrogen and oxygen atoms in total. The van der Waals surface area contributed by atoms with Gasteiger partial charge < -0.3 is 10.2 Å². The van der Waals surface area contributed by atoms with E-state index in [1.807, 2.05) is 18.0 Å². The number of allylic oxidation sites excluding steroid dienone is 1. The second kappa shape index (κ2) is 8.35. The molecule has 1 aliphatic heterocycles. The molecular weight excluding hydrogens is 465 g/mol. The van der Waals surface area contributed by atoms with Gasteiger partial charge in [-0.25, -0.2) is 0 Å². The number of carbonyl (C=O) groups excluding carboxylic acids is 2. The molecule has 5 rings (SSSR count). The number of halogens is 3. The number of likely N-dealkylation sites (tertiary alicyclic amines) is 1. The van der Waals surface area contributed by atoms with Gasteiger partial charge in [-0.05, 0) is 74.2 Å². The maximum Gasteiger partial charge on any atom is 0.415 e. The summed E-state index contributed by atoms with van der Waals surface area (Å²) in [6, 6.07) is 7.87. The highest BCUT2D eigenvalue weighted by atomic mass is 19.4. The summed E-state index contributed by atoms with van der Waals surface area (Å²) in [5.74, 6) is 0.738. The molecule has 0 bridgehead atoms. The van der Waals surface area contributed by atoms with Crippen molar-refractivity contribution in [2.45, 2.75) is 83.5 Å². The first-order valence-corrected chi connectivity index (χ1v) is 13.2. The monoisotopic (exact) mass is 502 g/mol. The molecule has 1 heterocycles. The molecule has 7 heteroatoms. The molecule has 0 aromatic heterocycles. The van der Waals surface area contributed by atoms with Gasteiger partial charge in [-0.15, -0.1) is 0 Å². The Morgan fingerprint density at radius 1 is 1.06 bits per heavy atom. The Hall–Kier alpha value is -2.31. The first kappa shape index (κ1) is 25.3. The van der Waals surface area contributed by atoms with E-state index >= 15 is 0 Å². The van der Waals surface area contributed by atoms with Crippen molar-refractivity contribution in [1.82, 2.24) is 10.2 Å². The van der Waals surface area contributed by atoms with E-state index in [0.717, 1.165) is 45.4 Å². The fourth-order valence-electron chi connectivity index (χ4n) is 8.44. The van der Waals surface area contributed by atoms with Gasteiger partial charge in [0.1, 0.15) is 0 Å². The Labute approximate surface area is 211 Å². The Bertz CT molecular complexity index is 1090. The van der Waals surface area contributed by atoms with Crippen LogP contribution in [0.25, 0.3) is 0 Å². The van der Waals surface area contributed by atoms with Crippen molar-refractivity contribution < 1.29 is 22.8 Å². The number of hydrogen-bond donors (Lipinski definition) is 1. The smallest absolute Gasteiger partial charge is 0.342 e. The molecule has 1 aromatic rings. The summed E-state index contributed by atoms with van der Waals surface area (Å²) in [5.41, 5.74) is -2.31. The quantitative estimate of drug-likeness (QED) is 0.553. The van der Waals surface area contributed by atoms with E-state index in [0.29, 0.717) is 23.8 Å². The number of benzene rings is 1. The number of fused-ring (bicyclic) bond motifs is 5. The summed E-state index contributed by atoms with van der Waals surface area (Å²) in [4.78, 5) is 27.9. The van der Waals surface area contributed by atoms with Gasteiger partial charge in [-0.2, -0.15) is 13.2 Å². The molecule has 3 fully saturated rings. The second-order valence-electron chi connectivity index (χ2n) is 12.2. The van der Waals surface area contributed by atoms with Crippen LogP contribution in [0.4, 0.5) is 13.2 Å². The topological polar surface area (TPSA) is 49.4 Å². The largest absolute Gasteiger partial charge is 0.415 e. The molecule has 2 amide bonds. The summed E-state index contributed by atoms with van der Waals surface area (Å²) < 4.78 is 42.9. The van der Waals surface area contributed by atoms with E-state index in [2.05, 4.69) is 19.2 Å². The van der Waals surface area contributed by atoms with Gasteiger partial charge in [0.15, 0.2) is 5.54 Å². The molecule has 2 unspecified atom stereocenters. The van der Waals surface area contributed by atoms with Crippen molar-refractivity contribution in [2.75, 3.05) is 7.05 Å². The Kier molecular flexibility index (Phi) is 5.88. The lowest BCUT2D eigenvalue weighted by Crippen LogP contribution is -2.61. The van der Waals surface area contributed by atoms with Crippen molar-refractivity contribution >= 4 is 11.8 Å². The molecule has 1 aromatic carbocycles. The first-order valence-electron chi connectivity index (χ1n) is 13.2. The third kappa shape index (κ3) is 3.55. The normalized spacial score (nSPS) is 37.8. The van der Waals surface area contributed by atoms with E-state index in [9.17, 15) is 22.8 Å². The van der Waals surface area contributed by atoms with E-state index in [1.54, 1.807) is 18.2 Å². The molecule has 0 spiro atoms. The summed E-state index contributed by atoms with van der Waals surface area (Å²) in [5, 5.41) is 2.41. The third-order valence-electron chi connectivity index (χ3n) is 10.7. The molecule has 4 aliphatic rings. The summed E-state index contributed by atoms with van der Waals surface area (Å²) in [6.45, 7) is 5.48. The first-order chi connectivity index (χ1) is 16.8. The molecule has 1 N–H and O–H groups in total. The molecular formula is C29H37F3N2O2. The maximum absolute atomic E-state index is 14.3. The highest BCUT2D eigenvalue weighted by molar-refractivity contribution is 5.96. The molecule has 7 atom stereocenters. The average Bonchev–Trinajstić information content (AvgIpc) is 3.19. The van der Waals surface area contributed by atoms with Crippen LogP contribution in [0.15, 0.2) is 42.0 Å². The number of piperidine rings is 1. The zero-order chi connectivity index (χ0) is 26.1. The van der Waals surface area contributed by atoms with Crippen molar-refractivity contribution in [2.24, 2.45) is 28.6 Å². The van der Waals surface area contributed by atoms with E-state index < -0.39 is 23.0 Å². The summed E-state index contributed by atoms with van der Waals surface area (Å²) in [6.07, 6.45) is 3.14. The van der Waals surface area contributed by atoms with Gasteiger partial charge in [0, 0.05) is 30.5 Å². The molecule has 2 saturated carbocycles. The number of alkyl halides is 3. The Balaban J connectivity index is 1.39. The number of nitrogens with zero attached hydrogens (tertiary/aromatic N) is 1. The van der Waals surface area contributed by atoms with E-state index in [4.69, 9.17) is 0 Å². The fourth-order valence-corrected chi connectivity index (χ4v) is 8.44. The van der Waals surface area contributed by atoms with Crippen molar-refractivity contribution in [3.63, 3.8) is 0 Å². The van der Waals surface area contributed by atoms with Gasteiger partial charge in [-0.1, -0.05) is 50.3 Å². The lowest BCUT2D eigenvalue weighted by atomic mass is 9.47. The lowest BCUT2D eigenvalue weighted by molar-refractivity contribution is -0.197. The Morgan fingerprint density at radius 2 is 1.75 bits per heavy atom. The van der Waals surface area contributed by atoms with Crippen LogP contribution in [-0.4, -0.2) is 36.0 Å². The van der Waals surface area contributed by atoms with Crippen LogP contribution in [0, 0.1) is 28.6 Å². The average molecular weight is 503 g/mol. The summed E-state index contributed by atoms with van der Waals surface area (Å²) >= 11 is 0. The van der Waals surface area contributed by atoms with Gasteiger partial charge in [0.05, 0.1) is 0 Å². The standard InChI is InChI=1S/C29H37F3N2O2/c1-26-16-14-21-19(10-13-23-27(21,2)17-15-24(35)34(23)4)20(26)11-12-22(26)25(36)33-28(3,29(30,31)32)18-8-6-5-7-9-18/h5-9,12,19-21,23H,10-11,13-17H2,1-4H3,(H,33,36)/t19-,20-,21+,23?,26-,27+,28?/m0/s1. The molecule has 196 valence electrons. The zero-order valence-corrected chi connectivity index (χ0v) is 21.6. The van der Waals surface area contributed by atoms with Crippen LogP contribution in [0.3, 0.4) is 0 Å². The minimum Gasteiger partial charge on any atom is -0.342 e. The number of nitrogens with one attached hydrogen (secondary N) is 1. The molecule has 36 heavy (non-hydrogen) atoms. The highest BCUT2D eigenvalue weighted by Crippen LogP contribution is 2.65. The van der Waals surface area contributed by atoms with Crippen LogP contribution < -0.4 is 5.32 Å². The molecule has 3 aliphatic carbocycles. The second-order valence-corrected chi connectivity index (χ2v) is 12.2. The summed E-state index contributed by atoms with van der Waals surface area (Å²) in [7, 11) is 1.93.